The molecular formula is C15H21BrClNO2S. The number of esters is 1. The molecule has 1 aliphatic rings. The first-order valence-corrected chi connectivity index (χ1v) is 9.45. The summed E-state index contributed by atoms with van der Waals surface area (Å²) in [6.45, 7) is 4.35. The lowest BCUT2D eigenvalue weighted by Crippen LogP contribution is -2.31. The Labute approximate surface area is 143 Å². The van der Waals surface area contributed by atoms with E-state index in [0.717, 1.165) is 26.8 Å². The molecule has 1 fully saturated rings. The van der Waals surface area contributed by atoms with Gasteiger partial charge in [-0.05, 0) is 54.9 Å². The molecular weight excluding hydrogens is 374 g/mol. The number of thiophene rings is 1. The van der Waals surface area contributed by atoms with Crippen molar-refractivity contribution in [1.29, 1.82) is 0 Å². The monoisotopic (exact) mass is 393 g/mol. The summed E-state index contributed by atoms with van der Waals surface area (Å²) in [5.74, 6) is -0.132. The quantitative estimate of drug-likeness (QED) is 0.656. The first kappa shape index (κ1) is 17.3. The average molecular weight is 395 g/mol. The van der Waals surface area contributed by atoms with Gasteiger partial charge < -0.3 is 4.74 Å². The maximum atomic E-state index is 12.0. The van der Waals surface area contributed by atoms with E-state index in [1.807, 2.05) is 13.0 Å². The highest BCUT2D eigenvalue weighted by atomic mass is 79.9. The van der Waals surface area contributed by atoms with E-state index in [1.165, 1.54) is 25.7 Å². The molecule has 3 nitrogen and oxygen atoms in total. The number of rotatable bonds is 5. The van der Waals surface area contributed by atoms with Gasteiger partial charge in [0.2, 0.25) is 0 Å². The minimum Gasteiger partial charge on any atom is -0.466 e. The Balaban J connectivity index is 2.17. The van der Waals surface area contributed by atoms with Gasteiger partial charge in [-0.25, -0.2) is 0 Å². The molecule has 0 N–H and O–H groups in total. The lowest BCUT2D eigenvalue weighted by molar-refractivity contribution is -0.144. The number of likely N-dealkylation sites (tertiary alicyclic amines) is 1. The van der Waals surface area contributed by atoms with Gasteiger partial charge in [-0.15, -0.1) is 11.3 Å². The Kier molecular flexibility index (Phi) is 6.99. The highest BCUT2D eigenvalue weighted by molar-refractivity contribution is 9.10. The van der Waals surface area contributed by atoms with Crippen LogP contribution in [-0.2, 0) is 9.53 Å². The first-order chi connectivity index (χ1) is 10.1. The van der Waals surface area contributed by atoms with Crippen LogP contribution in [0.5, 0.6) is 0 Å². The van der Waals surface area contributed by atoms with Crippen LogP contribution in [0.15, 0.2) is 10.5 Å². The maximum absolute atomic E-state index is 12.0. The Morgan fingerprint density at radius 1 is 1.43 bits per heavy atom. The lowest BCUT2D eigenvalue weighted by atomic mass is 10.1. The summed E-state index contributed by atoms with van der Waals surface area (Å²) < 4.78 is 6.80. The molecule has 0 aliphatic carbocycles. The van der Waals surface area contributed by atoms with Crippen LogP contribution in [0.1, 0.15) is 49.9 Å². The molecule has 1 saturated heterocycles. The summed E-state index contributed by atoms with van der Waals surface area (Å²) in [4.78, 5) is 15.5. The minimum absolute atomic E-state index is 0.0796. The average Bonchev–Trinajstić information content (AvgIpc) is 2.68. The van der Waals surface area contributed by atoms with Crippen molar-refractivity contribution < 1.29 is 9.53 Å². The van der Waals surface area contributed by atoms with Crippen molar-refractivity contribution in [3.05, 3.63) is 19.8 Å². The molecule has 2 rings (SSSR count). The van der Waals surface area contributed by atoms with Gasteiger partial charge in [0.1, 0.15) is 4.34 Å². The number of hydrogen-bond acceptors (Lipinski definition) is 4. The van der Waals surface area contributed by atoms with Gasteiger partial charge >= 0.3 is 5.97 Å². The summed E-state index contributed by atoms with van der Waals surface area (Å²) in [6.07, 6.45) is 5.34. The van der Waals surface area contributed by atoms with Gasteiger partial charge in [-0.2, -0.15) is 0 Å². The van der Waals surface area contributed by atoms with Crippen LogP contribution < -0.4 is 0 Å². The largest absolute Gasteiger partial charge is 0.466 e. The molecule has 2 heterocycles. The summed E-state index contributed by atoms with van der Waals surface area (Å²) in [6, 6.07) is 2.12. The van der Waals surface area contributed by atoms with Gasteiger partial charge in [0, 0.05) is 9.35 Å². The van der Waals surface area contributed by atoms with Gasteiger partial charge in [-0.1, -0.05) is 24.4 Å². The Morgan fingerprint density at radius 2 is 2.10 bits per heavy atom. The highest BCUT2D eigenvalue weighted by Crippen LogP contribution is 2.39. The number of ether oxygens (including phenoxy) is 1. The molecule has 1 aromatic rings. The molecule has 0 aromatic carbocycles. The van der Waals surface area contributed by atoms with Gasteiger partial charge in [0.05, 0.1) is 19.1 Å². The van der Waals surface area contributed by atoms with E-state index >= 15 is 0 Å². The predicted molar refractivity (Wildman–Crippen MR) is 91.1 cm³/mol. The van der Waals surface area contributed by atoms with Gasteiger partial charge in [0.15, 0.2) is 0 Å². The second kappa shape index (κ2) is 8.51. The van der Waals surface area contributed by atoms with Crippen LogP contribution in [0.2, 0.25) is 4.34 Å². The van der Waals surface area contributed by atoms with E-state index in [-0.39, 0.29) is 12.0 Å². The van der Waals surface area contributed by atoms with Crippen molar-refractivity contribution in [2.45, 2.75) is 45.1 Å². The van der Waals surface area contributed by atoms with Crippen molar-refractivity contribution in [2.75, 3.05) is 19.7 Å². The summed E-state index contributed by atoms with van der Waals surface area (Å²) in [5, 5.41) is 0. The van der Waals surface area contributed by atoms with Gasteiger partial charge in [0.25, 0.3) is 0 Å². The van der Waals surface area contributed by atoms with Crippen LogP contribution in [0.4, 0.5) is 0 Å². The number of nitrogens with zero attached hydrogens (tertiary/aromatic N) is 1. The molecule has 1 atom stereocenters. The van der Waals surface area contributed by atoms with E-state index in [1.54, 1.807) is 11.3 Å². The van der Waals surface area contributed by atoms with Crippen molar-refractivity contribution in [3.63, 3.8) is 0 Å². The molecule has 21 heavy (non-hydrogen) atoms. The Bertz CT molecular complexity index is 453. The molecule has 1 aromatic heterocycles. The zero-order valence-corrected chi connectivity index (χ0v) is 15.4. The van der Waals surface area contributed by atoms with E-state index in [0.29, 0.717) is 13.0 Å². The molecule has 0 bridgehead atoms. The number of carbonyl (C=O) groups excluding carboxylic acids is 1. The fourth-order valence-electron chi connectivity index (χ4n) is 2.72. The van der Waals surface area contributed by atoms with Crippen molar-refractivity contribution in [2.24, 2.45) is 0 Å². The van der Waals surface area contributed by atoms with Crippen LogP contribution >= 0.6 is 38.9 Å². The molecule has 0 spiro atoms. The molecule has 1 aliphatic heterocycles. The first-order valence-electron chi connectivity index (χ1n) is 7.46. The number of halogens is 2. The minimum atomic E-state index is -0.132. The number of hydrogen-bond donors (Lipinski definition) is 0. The molecule has 118 valence electrons. The van der Waals surface area contributed by atoms with E-state index in [2.05, 4.69) is 20.8 Å². The van der Waals surface area contributed by atoms with Crippen molar-refractivity contribution in [3.8, 4) is 0 Å². The third-order valence-corrected chi connectivity index (χ3v) is 6.32. The Morgan fingerprint density at radius 3 is 2.62 bits per heavy atom. The third-order valence-electron chi connectivity index (χ3n) is 3.74. The summed E-state index contributed by atoms with van der Waals surface area (Å²) in [7, 11) is 0. The molecule has 6 heteroatoms. The van der Waals surface area contributed by atoms with Crippen LogP contribution in [0.25, 0.3) is 0 Å². The Hall–Kier alpha value is -0.100. The van der Waals surface area contributed by atoms with E-state index in [4.69, 9.17) is 16.3 Å². The predicted octanol–water partition coefficient (Wildman–Crippen LogP) is 5.03. The maximum Gasteiger partial charge on any atom is 0.307 e. The normalized spacial score (nSPS) is 18.2. The molecule has 1 unspecified atom stereocenters. The third kappa shape index (κ3) is 4.95. The van der Waals surface area contributed by atoms with Crippen LogP contribution in [-0.4, -0.2) is 30.6 Å². The van der Waals surface area contributed by atoms with Gasteiger partial charge in [-0.3, -0.25) is 9.69 Å². The van der Waals surface area contributed by atoms with Crippen molar-refractivity contribution >= 4 is 44.8 Å². The van der Waals surface area contributed by atoms with Crippen LogP contribution in [0, 0.1) is 0 Å². The molecule has 0 radical (unpaired) electrons. The zero-order valence-electron chi connectivity index (χ0n) is 12.2. The smallest absolute Gasteiger partial charge is 0.307 e. The molecule has 0 saturated carbocycles. The lowest BCUT2D eigenvalue weighted by Gasteiger charge is -2.29. The molecule has 0 amide bonds. The SMILES string of the molecule is CCOC(=O)CC(c1cc(Br)c(Cl)s1)N1CCCCCC1. The fourth-order valence-corrected chi connectivity index (χ4v) is 4.59. The summed E-state index contributed by atoms with van der Waals surface area (Å²) in [5.41, 5.74) is 0. The summed E-state index contributed by atoms with van der Waals surface area (Å²) >= 11 is 11.2. The second-order valence-electron chi connectivity index (χ2n) is 5.25. The van der Waals surface area contributed by atoms with E-state index in [9.17, 15) is 4.79 Å². The zero-order chi connectivity index (χ0) is 15.2. The fraction of sp³-hybridized carbons (Fsp3) is 0.667. The van der Waals surface area contributed by atoms with Crippen LogP contribution in [0.3, 0.4) is 0 Å². The second-order valence-corrected chi connectivity index (χ2v) is 7.79. The van der Waals surface area contributed by atoms with Crippen molar-refractivity contribution in [1.82, 2.24) is 4.90 Å². The topological polar surface area (TPSA) is 29.5 Å². The highest BCUT2D eigenvalue weighted by Gasteiger charge is 2.26. The number of carbonyl (C=O) groups is 1. The van der Waals surface area contributed by atoms with E-state index < -0.39 is 0 Å². The standard InChI is InChI=1S/C15H21BrClNO2S/c1-2-20-14(19)10-12(13-9-11(16)15(17)21-13)18-7-5-3-4-6-8-18/h9,12H,2-8,10H2,1H3.